The van der Waals surface area contributed by atoms with Crippen LogP contribution in [0.5, 0.6) is 5.75 Å². The number of nitrogens with one attached hydrogen (secondary N) is 1. The number of aryl methyl sites for hydroxylation is 1. The Morgan fingerprint density at radius 2 is 2.00 bits per heavy atom. The topological polar surface area (TPSA) is 74.0 Å². The van der Waals surface area contributed by atoms with E-state index in [0.29, 0.717) is 37.0 Å². The van der Waals surface area contributed by atoms with E-state index in [-0.39, 0.29) is 5.69 Å². The average molecular weight is 390 g/mol. The van der Waals surface area contributed by atoms with Crippen molar-refractivity contribution in [1.29, 1.82) is 0 Å². The Morgan fingerprint density at radius 3 is 2.67 bits per heavy atom. The summed E-state index contributed by atoms with van der Waals surface area (Å²) in [6, 6.07) is 7.67. The van der Waals surface area contributed by atoms with Gasteiger partial charge in [-0.1, -0.05) is 19.1 Å². The summed E-state index contributed by atoms with van der Waals surface area (Å²) in [6.07, 6.45) is 3.39. The van der Waals surface area contributed by atoms with Gasteiger partial charge in [0.05, 0.1) is 19.9 Å². The number of ether oxygens (including phenoxy) is 1. The van der Waals surface area contributed by atoms with Gasteiger partial charge in [0.1, 0.15) is 11.3 Å². The minimum absolute atomic E-state index is 0.104. The highest BCUT2D eigenvalue weighted by atomic mass is 35.5. The molecular weight excluding hydrogens is 366 g/mol. The van der Waals surface area contributed by atoms with Gasteiger partial charge < -0.3 is 10.1 Å². The van der Waals surface area contributed by atoms with Crippen molar-refractivity contribution in [3.05, 3.63) is 46.5 Å². The molecule has 0 saturated carbocycles. The van der Waals surface area contributed by atoms with E-state index in [1.54, 1.807) is 22.4 Å². The first-order valence-electron chi connectivity index (χ1n) is 9.06. The van der Waals surface area contributed by atoms with Crippen molar-refractivity contribution in [2.45, 2.75) is 32.9 Å². The van der Waals surface area contributed by atoms with Gasteiger partial charge in [0.15, 0.2) is 5.65 Å². The normalized spacial score (nSPS) is 11.1. The van der Waals surface area contributed by atoms with Gasteiger partial charge in [0, 0.05) is 19.0 Å². The molecule has 8 heteroatoms. The van der Waals surface area contributed by atoms with Crippen LogP contribution in [0.25, 0.3) is 11.2 Å². The maximum absolute atomic E-state index is 13.0. The molecule has 0 amide bonds. The molecule has 0 spiro atoms. The lowest BCUT2D eigenvalue weighted by molar-refractivity contribution is 0.414. The van der Waals surface area contributed by atoms with Crippen molar-refractivity contribution in [2.24, 2.45) is 0 Å². The summed E-state index contributed by atoms with van der Waals surface area (Å²) in [5.41, 5.74) is 2.24. The summed E-state index contributed by atoms with van der Waals surface area (Å²) in [4.78, 5) is 22.0. The second kappa shape index (κ2) is 8.90. The van der Waals surface area contributed by atoms with Gasteiger partial charge in [-0.05, 0) is 30.5 Å². The van der Waals surface area contributed by atoms with E-state index in [1.807, 2.05) is 24.3 Å². The van der Waals surface area contributed by atoms with E-state index in [2.05, 4.69) is 22.2 Å². The molecule has 1 N–H and O–H groups in total. The third-order valence-corrected chi connectivity index (χ3v) is 4.57. The van der Waals surface area contributed by atoms with Crippen LogP contribution in [-0.4, -0.2) is 38.6 Å². The molecule has 144 valence electrons. The third-order valence-electron chi connectivity index (χ3n) is 4.31. The minimum Gasteiger partial charge on any atom is -0.497 e. The zero-order chi connectivity index (χ0) is 19.2. The van der Waals surface area contributed by atoms with Crippen molar-refractivity contribution in [3.63, 3.8) is 0 Å². The van der Waals surface area contributed by atoms with Gasteiger partial charge in [-0.15, -0.1) is 11.6 Å². The van der Waals surface area contributed by atoms with Crippen LogP contribution in [0.1, 0.15) is 25.3 Å². The second-order valence-electron chi connectivity index (χ2n) is 6.24. The maximum Gasteiger partial charge on any atom is 0.330 e. The highest BCUT2D eigenvalue weighted by Crippen LogP contribution is 2.16. The number of rotatable bonds is 9. The second-order valence-corrected chi connectivity index (χ2v) is 6.62. The Kier molecular flexibility index (Phi) is 6.34. The van der Waals surface area contributed by atoms with Crippen LogP contribution in [0.15, 0.2) is 35.3 Å². The van der Waals surface area contributed by atoms with Gasteiger partial charge in [0.25, 0.3) is 0 Å². The average Bonchev–Trinajstić information content (AvgIpc) is 2.96. The summed E-state index contributed by atoms with van der Waals surface area (Å²) >= 11 is 5.83. The molecule has 7 nitrogen and oxygen atoms in total. The van der Waals surface area contributed by atoms with Gasteiger partial charge in [-0.2, -0.15) is 4.98 Å². The van der Waals surface area contributed by atoms with Crippen LogP contribution in [0, 0.1) is 0 Å². The van der Waals surface area contributed by atoms with Crippen molar-refractivity contribution in [2.75, 3.05) is 24.9 Å². The fourth-order valence-corrected chi connectivity index (χ4v) is 3.03. The van der Waals surface area contributed by atoms with Crippen molar-refractivity contribution in [1.82, 2.24) is 19.1 Å². The van der Waals surface area contributed by atoms with E-state index in [4.69, 9.17) is 16.3 Å². The van der Waals surface area contributed by atoms with Crippen molar-refractivity contribution >= 4 is 28.7 Å². The molecule has 2 aromatic heterocycles. The van der Waals surface area contributed by atoms with Crippen LogP contribution in [-0.2, 0) is 13.1 Å². The lowest BCUT2D eigenvalue weighted by Crippen LogP contribution is -2.25. The number of anilines is 1. The van der Waals surface area contributed by atoms with E-state index in [1.165, 1.54) is 0 Å². The number of alkyl halides is 1. The summed E-state index contributed by atoms with van der Waals surface area (Å²) in [5.74, 6) is 1.81. The molecule has 0 bridgehead atoms. The predicted molar refractivity (Wildman–Crippen MR) is 108 cm³/mol. The molecule has 3 aromatic rings. The zero-order valence-corrected chi connectivity index (χ0v) is 16.4. The molecule has 0 aliphatic heterocycles. The van der Waals surface area contributed by atoms with E-state index < -0.39 is 0 Å². The SMILES string of the molecule is CCCNc1ncc2c(n1)n(Cc1ccc(OC)cc1)c(=O)n2CCCCl. The molecule has 0 fully saturated rings. The predicted octanol–water partition coefficient (Wildman–Crippen LogP) is 3.10. The van der Waals surface area contributed by atoms with Crippen LogP contribution in [0.2, 0.25) is 0 Å². The molecule has 1 aromatic carbocycles. The Balaban J connectivity index is 2.04. The number of imidazole rings is 1. The number of fused-ring (bicyclic) bond motifs is 1. The lowest BCUT2D eigenvalue weighted by Gasteiger charge is -2.06. The third kappa shape index (κ3) is 4.24. The van der Waals surface area contributed by atoms with Gasteiger partial charge >= 0.3 is 5.69 Å². The van der Waals surface area contributed by atoms with E-state index >= 15 is 0 Å². The van der Waals surface area contributed by atoms with Crippen molar-refractivity contribution < 1.29 is 4.74 Å². The van der Waals surface area contributed by atoms with Crippen molar-refractivity contribution in [3.8, 4) is 5.75 Å². The Hall–Kier alpha value is -2.54. The molecule has 27 heavy (non-hydrogen) atoms. The lowest BCUT2D eigenvalue weighted by atomic mass is 10.2. The highest BCUT2D eigenvalue weighted by Gasteiger charge is 2.16. The Labute approximate surface area is 163 Å². The maximum atomic E-state index is 13.0. The molecule has 0 aliphatic rings. The van der Waals surface area contributed by atoms with Crippen LogP contribution < -0.4 is 15.7 Å². The summed E-state index contributed by atoms with van der Waals surface area (Å²) in [6.45, 7) is 3.83. The number of nitrogens with zero attached hydrogens (tertiary/aromatic N) is 4. The van der Waals surface area contributed by atoms with Crippen LogP contribution in [0.4, 0.5) is 5.95 Å². The number of methoxy groups -OCH3 is 1. The van der Waals surface area contributed by atoms with E-state index in [0.717, 1.165) is 29.8 Å². The molecule has 0 unspecified atom stereocenters. The van der Waals surface area contributed by atoms with E-state index in [9.17, 15) is 4.79 Å². The van der Waals surface area contributed by atoms with Gasteiger partial charge in [-0.3, -0.25) is 9.13 Å². The summed E-state index contributed by atoms with van der Waals surface area (Å²) in [5, 5.41) is 3.18. The van der Waals surface area contributed by atoms with Crippen LogP contribution >= 0.6 is 11.6 Å². The quantitative estimate of drug-likeness (QED) is 0.569. The number of hydrogen-bond acceptors (Lipinski definition) is 5. The molecule has 0 aliphatic carbocycles. The molecular formula is C19H24ClN5O2. The molecule has 2 heterocycles. The van der Waals surface area contributed by atoms with Gasteiger partial charge in [0.2, 0.25) is 5.95 Å². The Bertz CT molecular complexity index is 949. The number of aromatic nitrogens is 4. The first-order valence-corrected chi connectivity index (χ1v) is 9.60. The van der Waals surface area contributed by atoms with Crippen LogP contribution in [0.3, 0.4) is 0 Å². The zero-order valence-electron chi connectivity index (χ0n) is 15.6. The fourth-order valence-electron chi connectivity index (χ4n) is 2.91. The number of hydrogen-bond donors (Lipinski definition) is 1. The summed E-state index contributed by atoms with van der Waals surface area (Å²) < 4.78 is 8.58. The molecule has 3 rings (SSSR count). The first kappa shape index (κ1) is 19.2. The van der Waals surface area contributed by atoms with Gasteiger partial charge in [-0.25, -0.2) is 9.78 Å². The molecule has 0 radical (unpaired) electrons. The molecule has 0 atom stereocenters. The number of benzene rings is 1. The smallest absolute Gasteiger partial charge is 0.330 e. The highest BCUT2D eigenvalue weighted by molar-refractivity contribution is 6.17. The fraction of sp³-hybridized carbons (Fsp3) is 0.421. The summed E-state index contributed by atoms with van der Waals surface area (Å²) in [7, 11) is 1.63. The minimum atomic E-state index is -0.104. The largest absolute Gasteiger partial charge is 0.497 e. The Morgan fingerprint density at radius 1 is 1.22 bits per heavy atom. The monoisotopic (exact) mass is 389 g/mol. The first-order chi connectivity index (χ1) is 13.2. The number of halogens is 1. The molecule has 0 saturated heterocycles. The standard InChI is InChI=1S/C19H24ClN5O2/c1-3-10-21-18-22-12-16-17(23-18)25(19(26)24(16)11-4-9-20)13-14-5-7-15(27-2)8-6-14/h5-8,12H,3-4,9-11,13H2,1-2H3,(H,21,22,23).